The van der Waals surface area contributed by atoms with E-state index < -0.39 is 50.3 Å². The van der Waals surface area contributed by atoms with Gasteiger partial charge in [-0.3, -0.25) is 4.79 Å². The van der Waals surface area contributed by atoms with Gasteiger partial charge < -0.3 is 20.9 Å². The third-order valence-corrected chi connectivity index (χ3v) is 30.7. The van der Waals surface area contributed by atoms with Gasteiger partial charge in [-0.1, -0.05) is 0 Å². The second kappa shape index (κ2) is 22.9. The molecule has 2 aliphatic carbocycles. The first-order valence-electron chi connectivity index (χ1n) is 23.7. The number of nitrogens with two attached hydrogens (primary N) is 1. The van der Waals surface area contributed by atoms with Crippen LogP contribution < -0.4 is 24.3 Å². The van der Waals surface area contributed by atoms with Crippen molar-refractivity contribution in [1.82, 2.24) is 24.8 Å². The van der Waals surface area contributed by atoms with Crippen LogP contribution in [0.1, 0.15) is 83.1 Å². The van der Waals surface area contributed by atoms with Crippen molar-refractivity contribution in [3.05, 3.63) is 134 Å². The van der Waals surface area contributed by atoms with E-state index in [2.05, 4.69) is 123 Å². The van der Waals surface area contributed by atoms with Crippen LogP contribution in [0, 0.1) is 11.7 Å². The van der Waals surface area contributed by atoms with Gasteiger partial charge in [-0.25, -0.2) is 19.2 Å². The summed E-state index contributed by atoms with van der Waals surface area (Å²) in [7, 11) is -2.48. The molecule has 3 fully saturated rings. The van der Waals surface area contributed by atoms with Gasteiger partial charge in [-0.15, -0.1) is 22.7 Å². The molecule has 0 radical (unpaired) electrons. The Hall–Kier alpha value is -3.89. The van der Waals surface area contributed by atoms with Gasteiger partial charge in [0.15, 0.2) is 11.3 Å². The van der Waals surface area contributed by atoms with Gasteiger partial charge in [0.05, 0.1) is 5.56 Å². The van der Waals surface area contributed by atoms with Crippen LogP contribution >= 0.6 is 34.0 Å². The van der Waals surface area contributed by atoms with Crippen LogP contribution in [-0.4, -0.2) is 96.0 Å². The Morgan fingerprint density at radius 3 is 2.13 bits per heavy atom. The molecule has 2 amide bonds. The van der Waals surface area contributed by atoms with Gasteiger partial charge in [0.1, 0.15) is 10.8 Å². The van der Waals surface area contributed by atoms with E-state index in [-0.39, 0.29) is 28.1 Å². The number of thiazole rings is 3. The minimum atomic E-state index is -4.84. The molecule has 374 valence electrons. The molecular weight excluding hydrogens is 1080 g/mol. The molecule has 1 aliphatic heterocycles. The van der Waals surface area contributed by atoms with Crippen LogP contribution in [-0.2, 0) is 29.2 Å². The molecule has 2 saturated carbocycles. The quantitative estimate of drug-likeness (QED) is 0.0627. The Kier molecular flexibility index (Phi) is 17.6. The summed E-state index contributed by atoms with van der Waals surface area (Å²) in [4.78, 5) is 48.7. The molecule has 70 heavy (non-hydrogen) atoms. The number of halogens is 4. The Balaban J connectivity index is 0.000000184. The Morgan fingerprint density at radius 1 is 0.957 bits per heavy atom. The SMILES string of the molecule is CC(C)(C)[Si](OCc1nc[c]([Sn]([CH3])([CH3])[CH3])s1)(c1ccccc1)c1ccccc1.NCc1ncc([C@]23CC[C@@H](N(CCN4CCCC4)C(=O)Nc4ccc(F)c(C(F)(F)F)c4)[C@H]2C3)s1.O=Cc1nccs1. The number of nitrogens with zero attached hydrogens (tertiary/aromatic N) is 5. The number of hydrogen-bond donors (Lipinski definition) is 2. The molecule has 0 spiro atoms. The third-order valence-electron chi connectivity index (χ3n) is 13.4. The zero-order chi connectivity index (χ0) is 50.3. The summed E-state index contributed by atoms with van der Waals surface area (Å²) < 4.78 is 61.7. The van der Waals surface area contributed by atoms with Crippen molar-refractivity contribution in [2.24, 2.45) is 11.7 Å². The summed E-state index contributed by atoms with van der Waals surface area (Å²) >= 11 is 2.75. The number of aldehydes is 1. The number of urea groups is 1. The predicted octanol–water partition coefficient (Wildman–Crippen LogP) is 10.5. The first-order chi connectivity index (χ1) is 33.3. The summed E-state index contributed by atoms with van der Waals surface area (Å²) in [5.74, 6) is -1.07. The van der Waals surface area contributed by atoms with E-state index in [1.165, 1.54) is 35.5 Å². The molecule has 3 aromatic carbocycles. The molecule has 10 nitrogen and oxygen atoms in total. The molecule has 0 unspecified atom stereocenters. The van der Waals surface area contributed by atoms with E-state index in [1.807, 2.05) is 17.5 Å². The number of anilines is 1. The molecule has 3 atom stereocenters. The number of alkyl halides is 3. The second-order valence-corrected chi connectivity index (χ2v) is 42.9. The molecular formula is C51H63F4N7O3S3SiSn. The number of likely N-dealkylation sites (tertiary alicyclic amines) is 1. The first kappa shape index (κ1) is 53.9. The Labute approximate surface area is 426 Å². The molecule has 0 bridgehead atoms. The molecule has 6 aromatic rings. The fourth-order valence-corrected chi connectivity index (χ4v) is 21.7. The van der Waals surface area contributed by atoms with E-state index in [0.29, 0.717) is 30.8 Å². The summed E-state index contributed by atoms with van der Waals surface area (Å²) in [5.41, 5.74) is 4.30. The van der Waals surface area contributed by atoms with Crippen molar-refractivity contribution in [2.45, 2.75) is 104 Å². The minimum absolute atomic E-state index is 0.000939. The normalized spacial score (nSPS) is 19.1. The molecule has 1 saturated heterocycles. The number of nitrogens with one attached hydrogen (secondary N) is 1. The molecule has 19 heteroatoms. The number of hydrogen-bond acceptors (Lipinski definition) is 11. The van der Waals surface area contributed by atoms with E-state index in [4.69, 9.17) is 15.1 Å². The van der Waals surface area contributed by atoms with Gasteiger partial charge in [0, 0.05) is 59.4 Å². The van der Waals surface area contributed by atoms with Crippen LogP contribution in [0.3, 0.4) is 0 Å². The van der Waals surface area contributed by atoms with Crippen molar-refractivity contribution >= 4 is 92.0 Å². The van der Waals surface area contributed by atoms with Crippen molar-refractivity contribution in [1.29, 1.82) is 0 Å². The molecule has 4 heterocycles. The standard InChI is InChI=1S/C24H29F4N5OS.C20H22NOSSi.C4H3NOS.3CH3.Sn/c25-18-4-3-15(11-16(18)24(26,27)28)31-22(34)33(10-9-32-7-1-2-8-32)19-5-6-23(12-17(19)23)20-14-30-21(13-29)35-20;1-20(2,3)24(17-10-6-4-7-11-17,18-12-8-5-9-13-18)22-16-19-21-14-15-23-19;6-3-4-5-1-2-7-4;;;;/h3-4,11,14,17,19H,1-2,5-10,12-13,29H2,(H,31,34);4-14H,16H2,1-3H3;1-3H;3*1H3;/t17-,19-,23+;;;;;;/m1....../s1. The van der Waals surface area contributed by atoms with E-state index in [1.54, 1.807) is 27.8 Å². The van der Waals surface area contributed by atoms with Crippen molar-refractivity contribution in [3.8, 4) is 0 Å². The summed E-state index contributed by atoms with van der Waals surface area (Å²) in [6.45, 7) is 11.1. The number of aromatic nitrogens is 3. The number of rotatable bonds is 14. The third kappa shape index (κ3) is 12.6. The van der Waals surface area contributed by atoms with Gasteiger partial charge in [-0.05, 0) is 69.3 Å². The maximum absolute atomic E-state index is 13.7. The zero-order valence-corrected chi connectivity index (χ0v) is 46.9. The minimum Gasteiger partial charge on any atom is -0.325 e. The fourth-order valence-electron chi connectivity index (χ4n) is 9.78. The van der Waals surface area contributed by atoms with Crippen LogP contribution in [0.5, 0.6) is 0 Å². The largest absolute Gasteiger partial charge is 0.419 e. The van der Waals surface area contributed by atoms with Crippen LogP contribution in [0.4, 0.5) is 28.0 Å². The monoisotopic (exact) mass is 1140 g/mol. The zero-order valence-electron chi connectivity index (χ0n) is 40.6. The maximum Gasteiger partial charge on any atom is 0.419 e. The van der Waals surface area contributed by atoms with Gasteiger partial charge in [0.2, 0.25) is 0 Å². The summed E-state index contributed by atoms with van der Waals surface area (Å²) in [5, 5.41) is 9.56. The smallest absolute Gasteiger partial charge is 0.325 e. The average Bonchev–Trinajstić information content (AvgIpc) is 4.09. The summed E-state index contributed by atoms with van der Waals surface area (Å²) in [6, 6.07) is 23.8. The van der Waals surface area contributed by atoms with Crippen molar-refractivity contribution < 1.29 is 31.6 Å². The van der Waals surface area contributed by atoms with Gasteiger partial charge >= 0.3 is 192 Å². The average molecular weight is 1140 g/mol. The van der Waals surface area contributed by atoms with Gasteiger partial charge in [-0.2, -0.15) is 13.2 Å². The molecule has 3 aromatic heterocycles. The Bertz CT molecular complexity index is 2600. The summed E-state index contributed by atoms with van der Waals surface area (Å²) in [6.07, 6.45) is 6.51. The Morgan fingerprint density at radius 2 is 1.61 bits per heavy atom. The molecule has 3 aliphatic rings. The second-order valence-electron chi connectivity index (χ2n) is 20.1. The van der Waals surface area contributed by atoms with Crippen LogP contribution in [0.2, 0.25) is 19.9 Å². The molecule has 9 rings (SSSR count). The number of fused-ring (bicyclic) bond motifs is 1. The molecule has 3 N–H and O–H groups in total. The fraction of sp³-hybridized carbons (Fsp3) is 0.431. The number of carbonyl (C=O) groups excluding carboxylic acids is 2. The topological polar surface area (TPSA) is 127 Å². The number of benzene rings is 3. The van der Waals surface area contributed by atoms with Crippen LogP contribution in [0.15, 0.2) is 103 Å². The van der Waals surface area contributed by atoms with Crippen molar-refractivity contribution in [3.63, 3.8) is 0 Å². The van der Waals surface area contributed by atoms with E-state index >= 15 is 0 Å². The van der Waals surface area contributed by atoms with E-state index in [9.17, 15) is 27.2 Å². The predicted molar refractivity (Wildman–Crippen MR) is 281 cm³/mol. The van der Waals surface area contributed by atoms with Crippen molar-refractivity contribution in [2.75, 3.05) is 31.5 Å². The van der Waals surface area contributed by atoms with E-state index in [0.717, 1.165) is 74.1 Å². The van der Waals surface area contributed by atoms with Crippen LogP contribution in [0.25, 0.3) is 0 Å². The number of amides is 2. The van der Waals surface area contributed by atoms with Gasteiger partial charge in [0.25, 0.3) is 0 Å². The maximum atomic E-state index is 13.7. The first-order valence-corrected chi connectivity index (χ1v) is 38.1. The number of carbonyl (C=O) groups is 2.